The molecule has 0 amide bonds. The Bertz CT molecular complexity index is 345. The Morgan fingerprint density at radius 2 is 2.24 bits per heavy atom. The van der Waals surface area contributed by atoms with E-state index in [9.17, 15) is 0 Å². The van der Waals surface area contributed by atoms with Crippen molar-refractivity contribution in [3.05, 3.63) is 18.0 Å². The topological polar surface area (TPSA) is 29.9 Å². The predicted molar refractivity (Wildman–Crippen MR) is 71.1 cm³/mol. The average Bonchev–Trinajstić information content (AvgIpc) is 2.77. The Balaban J connectivity index is 2.12. The van der Waals surface area contributed by atoms with E-state index < -0.39 is 0 Å². The number of hydrogen-bond donors (Lipinski definition) is 1. The molecule has 3 unspecified atom stereocenters. The minimum absolute atomic E-state index is 0.544. The summed E-state index contributed by atoms with van der Waals surface area (Å²) in [6.45, 7) is 7.62. The van der Waals surface area contributed by atoms with Crippen LogP contribution in [0, 0.1) is 12.8 Å². The number of rotatable bonds is 4. The second-order valence-electron chi connectivity index (χ2n) is 5.26. The van der Waals surface area contributed by atoms with Gasteiger partial charge in [0.25, 0.3) is 0 Å². The van der Waals surface area contributed by atoms with Crippen LogP contribution in [-0.2, 0) is 0 Å². The van der Waals surface area contributed by atoms with Crippen LogP contribution in [0.1, 0.15) is 51.3 Å². The lowest BCUT2D eigenvalue weighted by Crippen LogP contribution is -2.42. The summed E-state index contributed by atoms with van der Waals surface area (Å²) in [5.74, 6) is 0.874. The van der Waals surface area contributed by atoms with Crippen LogP contribution in [0.3, 0.4) is 0 Å². The Morgan fingerprint density at radius 1 is 1.41 bits per heavy atom. The zero-order valence-corrected chi connectivity index (χ0v) is 11.3. The van der Waals surface area contributed by atoms with Gasteiger partial charge in [0.2, 0.25) is 0 Å². The number of likely N-dealkylation sites (N-methyl/N-ethyl adjacent to an activating group) is 1. The Morgan fingerprint density at radius 3 is 2.82 bits per heavy atom. The average molecular weight is 235 g/mol. The van der Waals surface area contributed by atoms with Crippen LogP contribution in [0.4, 0.5) is 0 Å². The van der Waals surface area contributed by atoms with Gasteiger partial charge >= 0.3 is 0 Å². The van der Waals surface area contributed by atoms with Crippen molar-refractivity contribution in [2.45, 2.75) is 58.5 Å². The lowest BCUT2D eigenvalue weighted by Gasteiger charge is -2.36. The van der Waals surface area contributed by atoms with Crippen LogP contribution in [0.25, 0.3) is 0 Å². The van der Waals surface area contributed by atoms with Crippen LogP contribution < -0.4 is 5.32 Å². The molecular formula is C14H25N3. The van der Waals surface area contributed by atoms with Gasteiger partial charge in [-0.3, -0.25) is 4.68 Å². The number of nitrogens with one attached hydrogen (secondary N) is 1. The summed E-state index contributed by atoms with van der Waals surface area (Å²) in [5.41, 5.74) is 1.12. The van der Waals surface area contributed by atoms with Gasteiger partial charge in [0.15, 0.2) is 0 Å². The molecule has 0 saturated heterocycles. The lowest BCUT2D eigenvalue weighted by molar-refractivity contribution is 0.192. The molecule has 3 atom stereocenters. The van der Waals surface area contributed by atoms with E-state index in [1.165, 1.54) is 25.7 Å². The first-order valence-electron chi connectivity index (χ1n) is 6.99. The summed E-state index contributed by atoms with van der Waals surface area (Å²) < 4.78 is 2.18. The maximum Gasteiger partial charge on any atom is 0.0674 e. The molecule has 1 heterocycles. The van der Waals surface area contributed by atoms with Gasteiger partial charge in [-0.05, 0) is 44.7 Å². The van der Waals surface area contributed by atoms with Gasteiger partial charge in [0.1, 0.15) is 0 Å². The summed E-state index contributed by atoms with van der Waals surface area (Å²) in [5, 5.41) is 8.24. The van der Waals surface area contributed by atoms with Gasteiger partial charge in [-0.2, -0.15) is 5.10 Å². The van der Waals surface area contributed by atoms with E-state index in [2.05, 4.69) is 48.1 Å². The maximum absolute atomic E-state index is 4.61. The van der Waals surface area contributed by atoms with E-state index in [0.29, 0.717) is 12.1 Å². The summed E-state index contributed by atoms with van der Waals surface area (Å²) in [7, 11) is 0. The Hall–Kier alpha value is -0.830. The van der Waals surface area contributed by atoms with Crippen molar-refractivity contribution < 1.29 is 0 Å². The van der Waals surface area contributed by atoms with Crippen LogP contribution >= 0.6 is 0 Å². The third kappa shape index (κ3) is 2.89. The van der Waals surface area contributed by atoms with Crippen molar-refractivity contribution in [2.75, 3.05) is 6.54 Å². The second-order valence-corrected chi connectivity index (χ2v) is 5.26. The molecule has 0 aliphatic heterocycles. The molecule has 1 saturated carbocycles. The van der Waals surface area contributed by atoms with Gasteiger partial charge in [-0.25, -0.2) is 0 Å². The van der Waals surface area contributed by atoms with Gasteiger partial charge in [0, 0.05) is 12.2 Å². The first-order valence-corrected chi connectivity index (χ1v) is 6.99. The molecule has 1 N–H and O–H groups in total. The van der Waals surface area contributed by atoms with Crippen LogP contribution in [0.5, 0.6) is 0 Å². The molecule has 0 radical (unpaired) electrons. The van der Waals surface area contributed by atoms with E-state index in [-0.39, 0.29) is 0 Å². The molecule has 2 rings (SSSR count). The fourth-order valence-corrected chi connectivity index (χ4v) is 3.01. The minimum Gasteiger partial charge on any atom is -0.312 e. The third-order valence-corrected chi connectivity index (χ3v) is 4.05. The molecule has 3 heteroatoms. The first kappa shape index (κ1) is 12.6. The fourth-order valence-electron chi connectivity index (χ4n) is 3.01. The van der Waals surface area contributed by atoms with E-state index >= 15 is 0 Å². The molecule has 1 aromatic heterocycles. The quantitative estimate of drug-likeness (QED) is 0.869. The minimum atomic E-state index is 0.544. The molecular weight excluding hydrogens is 210 g/mol. The number of aryl methyl sites for hydroxylation is 1. The van der Waals surface area contributed by atoms with Crippen molar-refractivity contribution >= 4 is 0 Å². The second kappa shape index (κ2) is 5.67. The number of nitrogens with zero attached hydrogens (tertiary/aromatic N) is 2. The van der Waals surface area contributed by atoms with E-state index in [1.54, 1.807) is 0 Å². The van der Waals surface area contributed by atoms with Crippen molar-refractivity contribution in [3.8, 4) is 0 Å². The van der Waals surface area contributed by atoms with E-state index in [4.69, 9.17) is 0 Å². The first-order chi connectivity index (χ1) is 8.24. The van der Waals surface area contributed by atoms with Gasteiger partial charge < -0.3 is 5.32 Å². The fraction of sp³-hybridized carbons (Fsp3) is 0.786. The summed E-state index contributed by atoms with van der Waals surface area (Å²) in [6, 6.07) is 3.25. The lowest BCUT2D eigenvalue weighted by atomic mass is 9.81. The molecule has 1 fully saturated rings. The van der Waals surface area contributed by atoms with Crippen molar-refractivity contribution in [1.29, 1.82) is 0 Å². The van der Waals surface area contributed by atoms with Gasteiger partial charge in [-0.15, -0.1) is 0 Å². The number of aromatic nitrogens is 2. The predicted octanol–water partition coefficient (Wildman–Crippen LogP) is 2.92. The van der Waals surface area contributed by atoms with Crippen LogP contribution in [-0.4, -0.2) is 22.4 Å². The zero-order valence-electron chi connectivity index (χ0n) is 11.3. The SMILES string of the molecule is CCNC1CCC(CC)CC1n1ccc(C)n1. The smallest absolute Gasteiger partial charge is 0.0674 e. The molecule has 17 heavy (non-hydrogen) atoms. The molecule has 1 aromatic rings. The molecule has 1 aliphatic rings. The third-order valence-electron chi connectivity index (χ3n) is 4.05. The van der Waals surface area contributed by atoms with Crippen LogP contribution in [0.2, 0.25) is 0 Å². The monoisotopic (exact) mass is 235 g/mol. The number of hydrogen-bond acceptors (Lipinski definition) is 2. The molecule has 3 nitrogen and oxygen atoms in total. The normalized spacial score (nSPS) is 29.5. The summed E-state index contributed by atoms with van der Waals surface area (Å²) in [4.78, 5) is 0. The highest BCUT2D eigenvalue weighted by Gasteiger charge is 2.30. The highest BCUT2D eigenvalue weighted by Crippen LogP contribution is 2.34. The largest absolute Gasteiger partial charge is 0.312 e. The standard InChI is InChI=1S/C14H25N3/c1-4-12-6-7-13(15-5-2)14(10-12)17-9-8-11(3)16-17/h8-9,12-15H,4-7,10H2,1-3H3. The summed E-state index contributed by atoms with van der Waals surface area (Å²) >= 11 is 0. The Kier molecular flexibility index (Phi) is 4.21. The van der Waals surface area contributed by atoms with Crippen molar-refractivity contribution in [1.82, 2.24) is 15.1 Å². The Labute approximate surface area is 105 Å². The van der Waals surface area contributed by atoms with Crippen LogP contribution in [0.15, 0.2) is 12.3 Å². The zero-order chi connectivity index (χ0) is 12.3. The highest BCUT2D eigenvalue weighted by atomic mass is 15.3. The summed E-state index contributed by atoms with van der Waals surface area (Å²) in [6.07, 6.45) is 7.37. The molecule has 96 valence electrons. The van der Waals surface area contributed by atoms with Crippen molar-refractivity contribution in [3.63, 3.8) is 0 Å². The van der Waals surface area contributed by atoms with E-state index in [1.807, 2.05) is 0 Å². The van der Waals surface area contributed by atoms with Crippen molar-refractivity contribution in [2.24, 2.45) is 5.92 Å². The molecule has 0 bridgehead atoms. The van der Waals surface area contributed by atoms with E-state index in [0.717, 1.165) is 18.2 Å². The molecule has 0 spiro atoms. The maximum atomic E-state index is 4.61. The van der Waals surface area contributed by atoms with Gasteiger partial charge in [0.05, 0.1) is 11.7 Å². The van der Waals surface area contributed by atoms with Gasteiger partial charge in [-0.1, -0.05) is 20.3 Å². The highest BCUT2D eigenvalue weighted by molar-refractivity contribution is 4.98. The molecule has 0 aromatic carbocycles. The molecule has 1 aliphatic carbocycles.